The number of rotatable bonds is 10. The summed E-state index contributed by atoms with van der Waals surface area (Å²) in [6, 6.07) is 3.16. The predicted octanol–water partition coefficient (Wildman–Crippen LogP) is 7.31. The van der Waals surface area contributed by atoms with Crippen molar-refractivity contribution in [2.45, 2.75) is 73.6 Å². The molecule has 0 fully saturated rings. The van der Waals surface area contributed by atoms with Crippen LogP contribution in [-0.2, 0) is 12.8 Å². The molecule has 37 heavy (non-hydrogen) atoms. The second kappa shape index (κ2) is 12.0. The average molecular weight is 512 g/mol. The SMILES string of the molecule is C=C(C)C(=C(N)\C(O)=C(\O)C(C)CC)/C(O)=C(\CCC)c1c(CC)cc2c(CC)c(O)c(O)cc2c1O. The molecule has 2 rings (SSSR count). The summed E-state index contributed by atoms with van der Waals surface area (Å²) in [7, 11) is 0. The molecular formula is C30H41NO6. The van der Waals surface area contributed by atoms with Crippen molar-refractivity contribution in [1.29, 1.82) is 0 Å². The molecule has 2 aromatic rings. The topological polar surface area (TPSA) is 147 Å². The number of allylic oxidation sites excluding steroid dienone is 3. The normalized spacial score (nSPS) is 14.6. The van der Waals surface area contributed by atoms with E-state index >= 15 is 0 Å². The van der Waals surface area contributed by atoms with Crippen molar-refractivity contribution >= 4 is 16.3 Å². The van der Waals surface area contributed by atoms with Crippen LogP contribution in [0, 0.1) is 5.92 Å². The van der Waals surface area contributed by atoms with E-state index in [2.05, 4.69) is 6.58 Å². The molecule has 0 saturated carbocycles. The highest BCUT2D eigenvalue weighted by Gasteiger charge is 2.26. The summed E-state index contributed by atoms with van der Waals surface area (Å²) >= 11 is 0. The van der Waals surface area contributed by atoms with E-state index in [0.29, 0.717) is 65.1 Å². The quantitative estimate of drug-likeness (QED) is 0.100. The molecule has 0 aromatic heterocycles. The van der Waals surface area contributed by atoms with Crippen molar-refractivity contribution in [2.75, 3.05) is 0 Å². The molecule has 0 aliphatic carbocycles. The van der Waals surface area contributed by atoms with E-state index < -0.39 is 5.76 Å². The molecule has 1 atom stereocenters. The van der Waals surface area contributed by atoms with Crippen molar-refractivity contribution in [1.82, 2.24) is 0 Å². The number of aliphatic hydroxyl groups excluding tert-OH is 3. The minimum atomic E-state index is -0.527. The van der Waals surface area contributed by atoms with Gasteiger partial charge in [0, 0.05) is 33.6 Å². The summed E-state index contributed by atoms with van der Waals surface area (Å²) in [5, 5.41) is 66.0. The zero-order valence-corrected chi connectivity index (χ0v) is 22.7. The second-order valence-corrected chi connectivity index (χ2v) is 9.47. The first kappa shape index (κ1) is 29.5. The van der Waals surface area contributed by atoms with Gasteiger partial charge < -0.3 is 36.4 Å². The third kappa shape index (κ3) is 5.50. The van der Waals surface area contributed by atoms with Crippen LogP contribution in [0.15, 0.2) is 52.8 Å². The van der Waals surface area contributed by atoms with Gasteiger partial charge in [0.1, 0.15) is 17.3 Å². The molecule has 7 heteroatoms. The molecule has 0 saturated heterocycles. The summed E-state index contributed by atoms with van der Waals surface area (Å²) in [5.41, 5.74) is 8.51. The molecule has 0 aliphatic rings. The Hall–Kier alpha value is -3.74. The highest BCUT2D eigenvalue weighted by Crippen LogP contribution is 2.46. The van der Waals surface area contributed by atoms with Gasteiger partial charge in [-0.1, -0.05) is 47.6 Å². The molecule has 0 spiro atoms. The van der Waals surface area contributed by atoms with Gasteiger partial charge in [-0.15, -0.1) is 0 Å². The maximum absolute atomic E-state index is 11.6. The van der Waals surface area contributed by atoms with Gasteiger partial charge >= 0.3 is 0 Å². The Kier molecular flexibility index (Phi) is 9.56. The van der Waals surface area contributed by atoms with Gasteiger partial charge in [0.15, 0.2) is 17.3 Å². The molecule has 8 N–H and O–H groups in total. The zero-order chi connectivity index (χ0) is 28.2. The van der Waals surface area contributed by atoms with Crippen LogP contribution in [0.3, 0.4) is 0 Å². The smallest absolute Gasteiger partial charge is 0.177 e. The summed E-state index contributed by atoms with van der Waals surface area (Å²) < 4.78 is 0. The molecule has 2 aromatic carbocycles. The van der Waals surface area contributed by atoms with Crippen molar-refractivity contribution in [3.8, 4) is 17.2 Å². The first-order chi connectivity index (χ1) is 17.4. The Morgan fingerprint density at radius 1 is 0.919 bits per heavy atom. The lowest BCUT2D eigenvalue weighted by atomic mass is 9.86. The summed E-state index contributed by atoms with van der Waals surface area (Å²) in [6.07, 6.45) is 2.48. The molecule has 0 aliphatic heterocycles. The minimum Gasteiger partial charge on any atom is -0.508 e. The maximum atomic E-state index is 11.6. The molecule has 0 radical (unpaired) electrons. The zero-order valence-electron chi connectivity index (χ0n) is 22.7. The van der Waals surface area contributed by atoms with Crippen molar-refractivity contribution < 1.29 is 30.6 Å². The van der Waals surface area contributed by atoms with E-state index in [1.807, 2.05) is 33.8 Å². The number of fused-ring (bicyclic) bond motifs is 1. The number of aryl methyl sites for hydroxylation is 2. The Morgan fingerprint density at radius 3 is 2.03 bits per heavy atom. The van der Waals surface area contributed by atoms with Gasteiger partial charge in [0.05, 0.1) is 5.70 Å². The van der Waals surface area contributed by atoms with Crippen LogP contribution < -0.4 is 5.73 Å². The van der Waals surface area contributed by atoms with E-state index in [1.54, 1.807) is 13.8 Å². The van der Waals surface area contributed by atoms with Crippen molar-refractivity contribution in [2.24, 2.45) is 11.7 Å². The number of hydrogen-bond acceptors (Lipinski definition) is 7. The van der Waals surface area contributed by atoms with Crippen LogP contribution in [-0.4, -0.2) is 30.6 Å². The van der Waals surface area contributed by atoms with Crippen LogP contribution in [0.25, 0.3) is 16.3 Å². The number of aliphatic hydroxyl groups is 3. The van der Waals surface area contributed by atoms with Crippen molar-refractivity contribution in [3.63, 3.8) is 0 Å². The lowest BCUT2D eigenvalue weighted by Gasteiger charge is -2.22. The fourth-order valence-electron chi connectivity index (χ4n) is 4.60. The summed E-state index contributed by atoms with van der Waals surface area (Å²) in [4.78, 5) is 0. The summed E-state index contributed by atoms with van der Waals surface area (Å²) in [6.45, 7) is 14.9. The first-order valence-corrected chi connectivity index (χ1v) is 12.8. The predicted molar refractivity (Wildman–Crippen MR) is 150 cm³/mol. The number of phenols is 3. The molecule has 1 unspecified atom stereocenters. The molecular weight excluding hydrogens is 470 g/mol. The lowest BCUT2D eigenvalue weighted by Crippen LogP contribution is -2.14. The standard InChI is InChI=1S/C30H41NO6/c1-8-12-19(28(35)23(15(5)6)25(31)30(37)26(33)16(7)9-2)24-17(10-3)13-20-18(11-4)27(34)22(32)14-21(20)29(24)36/h13-14,16,32-37H,5,8-12,31H2,1-4,6-7H3/b25-23-,28-19-,30-26-. The van der Waals surface area contributed by atoms with E-state index in [9.17, 15) is 30.6 Å². The van der Waals surface area contributed by atoms with E-state index in [0.717, 1.165) is 5.56 Å². The van der Waals surface area contributed by atoms with Gasteiger partial charge in [-0.25, -0.2) is 0 Å². The fraction of sp³-hybridized carbons (Fsp3) is 0.400. The van der Waals surface area contributed by atoms with Gasteiger partial charge in [0.2, 0.25) is 0 Å². The lowest BCUT2D eigenvalue weighted by molar-refractivity contribution is 0.282. The fourth-order valence-corrected chi connectivity index (χ4v) is 4.60. The van der Waals surface area contributed by atoms with E-state index in [1.165, 1.54) is 6.07 Å². The Bertz CT molecular complexity index is 1300. The summed E-state index contributed by atoms with van der Waals surface area (Å²) in [5.74, 6) is -2.13. The van der Waals surface area contributed by atoms with Gasteiger partial charge in [0.25, 0.3) is 0 Å². The number of phenolic OH excluding ortho intramolecular Hbond substituents is 3. The van der Waals surface area contributed by atoms with Crippen LogP contribution >= 0.6 is 0 Å². The average Bonchev–Trinajstić information content (AvgIpc) is 2.87. The van der Waals surface area contributed by atoms with Gasteiger partial charge in [-0.05, 0) is 61.3 Å². The third-order valence-corrected chi connectivity index (χ3v) is 6.89. The minimum absolute atomic E-state index is 0.0696. The van der Waals surface area contributed by atoms with E-state index in [-0.39, 0.29) is 46.0 Å². The number of nitrogens with two attached hydrogens (primary N) is 1. The van der Waals surface area contributed by atoms with E-state index in [4.69, 9.17) is 5.73 Å². The monoisotopic (exact) mass is 511 g/mol. The maximum Gasteiger partial charge on any atom is 0.177 e. The Morgan fingerprint density at radius 2 is 1.54 bits per heavy atom. The van der Waals surface area contributed by atoms with Crippen molar-refractivity contribution in [3.05, 3.63) is 69.5 Å². The highest BCUT2D eigenvalue weighted by atomic mass is 16.3. The molecule has 202 valence electrons. The second-order valence-electron chi connectivity index (χ2n) is 9.47. The van der Waals surface area contributed by atoms with Gasteiger partial charge in [-0.3, -0.25) is 0 Å². The largest absolute Gasteiger partial charge is 0.508 e. The molecule has 7 nitrogen and oxygen atoms in total. The molecule has 0 bridgehead atoms. The first-order valence-electron chi connectivity index (χ1n) is 12.8. The Balaban J connectivity index is 3.07. The molecule has 0 amide bonds. The number of benzene rings is 2. The highest BCUT2D eigenvalue weighted by molar-refractivity contribution is 5.99. The number of aromatic hydroxyl groups is 3. The number of hydrogen-bond donors (Lipinski definition) is 7. The van der Waals surface area contributed by atoms with Crippen LogP contribution in [0.4, 0.5) is 0 Å². The Labute approximate surface area is 219 Å². The van der Waals surface area contributed by atoms with Crippen LogP contribution in [0.1, 0.15) is 77.5 Å². The third-order valence-electron chi connectivity index (χ3n) is 6.89. The van der Waals surface area contributed by atoms with Gasteiger partial charge in [-0.2, -0.15) is 0 Å². The van der Waals surface area contributed by atoms with Crippen LogP contribution in [0.5, 0.6) is 17.2 Å². The van der Waals surface area contributed by atoms with Crippen LogP contribution in [0.2, 0.25) is 0 Å². The molecule has 0 heterocycles.